The number of carbonyl (C=O) groups excluding carboxylic acids is 1. The predicted octanol–water partition coefficient (Wildman–Crippen LogP) is 3.23. The van der Waals surface area contributed by atoms with Crippen LogP contribution in [0.2, 0.25) is 0 Å². The number of hydrogen-bond acceptors (Lipinski definition) is 3. The van der Waals surface area contributed by atoms with Crippen molar-refractivity contribution in [3.05, 3.63) is 52.2 Å². The molecule has 1 heterocycles. The van der Waals surface area contributed by atoms with Gasteiger partial charge in [-0.15, -0.1) is 0 Å². The van der Waals surface area contributed by atoms with Crippen molar-refractivity contribution in [3.8, 4) is 0 Å². The minimum absolute atomic E-state index is 0.0450. The number of halogens is 1. The highest BCUT2D eigenvalue weighted by Crippen LogP contribution is 2.21. The average Bonchev–Trinajstić information content (AvgIpc) is 2.71. The maximum Gasteiger partial charge on any atom is 0.254 e. The van der Waals surface area contributed by atoms with Crippen LogP contribution in [0.4, 0.5) is 4.39 Å². The van der Waals surface area contributed by atoms with E-state index in [2.05, 4.69) is 10.5 Å². The van der Waals surface area contributed by atoms with Gasteiger partial charge in [-0.25, -0.2) is 4.39 Å². The van der Waals surface area contributed by atoms with Gasteiger partial charge in [0.2, 0.25) is 0 Å². The number of nitrogens with one attached hydrogen (secondary N) is 1. The molecule has 4 nitrogen and oxygen atoms in total. The van der Waals surface area contributed by atoms with Gasteiger partial charge in [0.15, 0.2) is 0 Å². The van der Waals surface area contributed by atoms with E-state index >= 15 is 0 Å². The molecule has 1 atom stereocenters. The second-order valence-corrected chi connectivity index (χ2v) is 4.92. The summed E-state index contributed by atoms with van der Waals surface area (Å²) in [4.78, 5) is 12.1. The Kier molecular flexibility index (Phi) is 3.88. The molecule has 0 spiro atoms. The van der Waals surface area contributed by atoms with Gasteiger partial charge in [-0.3, -0.25) is 4.79 Å². The normalized spacial score (nSPS) is 12.2. The molecule has 1 aromatic carbocycles. The number of hydrogen-bond donors (Lipinski definition) is 1. The van der Waals surface area contributed by atoms with Gasteiger partial charge in [0.25, 0.3) is 5.91 Å². The summed E-state index contributed by atoms with van der Waals surface area (Å²) < 4.78 is 18.8. The fraction of sp³-hybridized carbons (Fsp3) is 0.333. The van der Waals surface area contributed by atoms with Crippen molar-refractivity contribution in [1.82, 2.24) is 10.5 Å². The smallest absolute Gasteiger partial charge is 0.254 e. The van der Waals surface area contributed by atoms with E-state index in [0.29, 0.717) is 5.76 Å². The van der Waals surface area contributed by atoms with Gasteiger partial charge in [-0.2, -0.15) is 0 Å². The Morgan fingerprint density at radius 3 is 2.65 bits per heavy atom. The molecule has 1 N–H and O–H groups in total. The maximum absolute atomic E-state index is 13.7. The molecule has 0 aliphatic heterocycles. The quantitative estimate of drug-likeness (QED) is 0.936. The first kappa shape index (κ1) is 14.2. The fourth-order valence-electron chi connectivity index (χ4n) is 2.27. The van der Waals surface area contributed by atoms with Crippen LogP contribution >= 0.6 is 0 Å². The first-order valence-electron chi connectivity index (χ1n) is 6.40. The van der Waals surface area contributed by atoms with Crippen LogP contribution in [0.3, 0.4) is 0 Å². The molecular weight excluding hydrogens is 259 g/mol. The van der Waals surface area contributed by atoms with Crippen molar-refractivity contribution >= 4 is 5.91 Å². The average molecular weight is 276 g/mol. The Balaban J connectivity index is 2.22. The van der Waals surface area contributed by atoms with Gasteiger partial charge in [0.05, 0.1) is 17.3 Å². The zero-order chi connectivity index (χ0) is 14.9. The van der Waals surface area contributed by atoms with Gasteiger partial charge in [-0.05, 0) is 39.8 Å². The van der Waals surface area contributed by atoms with E-state index in [0.717, 1.165) is 16.8 Å². The molecule has 1 aromatic heterocycles. The number of carbonyl (C=O) groups is 1. The van der Waals surface area contributed by atoms with E-state index in [-0.39, 0.29) is 11.6 Å². The first-order chi connectivity index (χ1) is 9.40. The lowest BCUT2D eigenvalue weighted by molar-refractivity contribution is 0.0935. The second-order valence-electron chi connectivity index (χ2n) is 4.92. The SMILES string of the molecule is Cc1ccc(F)c(C(=O)NC(C)c2c(C)noc2C)c1. The number of amides is 1. The Hall–Kier alpha value is -2.17. The van der Waals surface area contributed by atoms with Gasteiger partial charge >= 0.3 is 0 Å². The van der Waals surface area contributed by atoms with Crippen molar-refractivity contribution in [3.63, 3.8) is 0 Å². The highest BCUT2D eigenvalue weighted by molar-refractivity contribution is 5.94. The third-order valence-corrected chi connectivity index (χ3v) is 3.24. The first-order valence-corrected chi connectivity index (χ1v) is 6.40. The lowest BCUT2D eigenvalue weighted by Crippen LogP contribution is -2.28. The van der Waals surface area contributed by atoms with E-state index in [9.17, 15) is 9.18 Å². The molecule has 1 unspecified atom stereocenters. The summed E-state index contributed by atoms with van der Waals surface area (Å²) >= 11 is 0. The van der Waals surface area contributed by atoms with Crippen LogP contribution in [0.25, 0.3) is 0 Å². The summed E-state index contributed by atoms with van der Waals surface area (Å²) in [6, 6.07) is 4.16. The van der Waals surface area contributed by atoms with E-state index in [4.69, 9.17) is 4.52 Å². The molecule has 0 aliphatic rings. The van der Waals surface area contributed by atoms with Crippen LogP contribution in [-0.2, 0) is 0 Å². The molecule has 0 fully saturated rings. The molecule has 0 saturated carbocycles. The van der Waals surface area contributed by atoms with E-state index < -0.39 is 11.7 Å². The van der Waals surface area contributed by atoms with Gasteiger partial charge < -0.3 is 9.84 Å². The molecule has 0 bridgehead atoms. The number of aromatic nitrogens is 1. The lowest BCUT2D eigenvalue weighted by atomic mass is 10.1. The van der Waals surface area contributed by atoms with Gasteiger partial charge in [0.1, 0.15) is 11.6 Å². The molecular formula is C15H17FN2O2. The third-order valence-electron chi connectivity index (χ3n) is 3.24. The Labute approximate surface area is 117 Å². The van der Waals surface area contributed by atoms with Gasteiger partial charge in [-0.1, -0.05) is 16.8 Å². The van der Waals surface area contributed by atoms with E-state index in [1.807, 2.05) is 20.8 Å². The predicted molar refractivity (Wildman–Crippen MR) is 73.0 cm³/mol. The molecule has 1 amide bonds. The second kappa shape index (κ2) is 5.45. The van der Waals surface area contributed by atoms with E-state index in [1.165, 1.54) is 12.1 Å². The molecule has 106 valence electrons. The van der Waals surface area contributed by atoms with Crippen molar-refractivity contribution < 1.29 is 13.7 Å². The minimum Gasteiger partial charge on any atom is -0.361 e. The molecule has 20 heavy (non-hydrogen) atoms. The van der Waals surface area contributed by atoms with Crippen molar-refractivity contribution in [1.29, 1.82) is 0 Å². The summed E-state index contributed by atoms with van der Waals surface area (Å²) in [5, 5.41) is 6.62. The Morgan fingerprint density at radius 1 is 1.35 bits per heavy atom. The number of nitrogens with zero attached hydrogens (tertiary/aromatic N) is 1. The summed E-state index contributed by atoms with van der Waals surface area (Å²) in [6.07, 6.45) is 0. The van der Waals surface area contributed by atoms with Crippen LogP contribution < -0.4 is 5.32 Å². The largest absolute Gasteiger partial charge is 0.361 e. The standard InChI is InChI=1S/C15H17FN2O2/c1-8-5-6-13(16)12(7-8)15(19)17-9(2)14-10(3)18-20-11(14)4/h5-7,9H,1-4H3,(H,17,19). The van der Waals surface area contributed by atoms with Crippen molar-refractivity contribution in [2.45, 2.75) is 33.7 Å². The van der Waals surface area contributed by atoms with Crippen LogP contribution in [-0.4, -0.2) is 11.1 Å². The summed E-state index contributed by atoms with van der Waals surface area (Å²) in [5.41, 5.74) is 2.43. The van der Waals surface area contributed by atoms with Crippen molar-refractivity contribution in [2.24, 2.45) is 0 Å². The summed E-state index contributed by atoms with van der Waals surface area (Å²) in [5.74, 6) is -0.322. The number of benzene rings is 1. The molecule has 5 heteroatoms. The summed E-state index contributed by atoms with van der Waals surface area (Å²) in [7, 11) is 0. The minimum atomic E-state index is -0.529. The van der Waals surface area contributed by atoms with Crippen LogP contribution in [0.15, 0.2) is 22.7 Å². The lowest BCUT2D eigenvalue weighted by Gasteiger charge is -2.14. The Morgan fingerprint density at radius 2 is 2.05 bits per heavy atom. The molecule has 2 rings (SSSR count). The monoisotopic (exact) mass is 276 g/mol. The molecule has 0 aliphatic carbocycles. The molecule has 0 radical (unpaired) electrons. The highest BCUT2D eigenvalue weighted by atomic mass is 19.1. The third kappa shape index (κ3) is 2.71. The van der Waals surface area contributed by atoms with Crippen LogP contribution in [0, 0.1) is 26.6 Å². The molecule has 2 aromatic rings. The Bertz CT molecular complexity index is 630. The van der Waals surface area contributed by atoms with Crippen LogP contribution in [0.1, 0.15) is 45.9 Å². The number of aryl methyl sites for hydroxylation is 3. The topological polar surface area (TPSA) is 55.1 Å². The highest BCUT2D eigenvalue weighted by Gasteiger charge is 2.20. The van der Waals surface area contributed by atoms with E-state index in [1.54, 1.807) is 13.0 Å². The van der Waals surface area contributed by atoms with Gasteiger partial charge in [0, 0.05) is 5.56 Å². The van der Waals surface area contributed by atoms with Crippen LogP contribution in [0.5, 0.6) is 0 Å². The molecule has 0 saturated heterocycles. The summed E-state index contributed by atoms with van der Waals surface area (Å²) in [6.45, 7) is 7.22. The van der Waals surface area contributed by atoms with Crippen molar-refractivity contribution in [2.75, 3.05) is 0 Å². The number of rotatable bonds is 3. The maximum atomic E-state index is 13.7. The fourth-order valence-corrected chi connectivity index (χ4v) is 2.27. The zero-order valence-electron chi connectivity index (χ0n) is 12.0. The zero-order valence-corrected chi connectivity index (χ0v) is 12.0.